The van der Waals surface area contributed by atoms with Crippen LogP contribution in [0.4, 0.5) is 0 Å². The van der Waals surface area contributed by atoms with E-state index in [9.17, 15) is 19.7 Å². The first-order valence-corrected chi connectivity index (χ1v) is 16.5. The van der Waals surface area contributed by atoms with Crippen LogP contribution < -0.4 is 16.5 Å². The van der Waals surface area contributed by atoms with Gasteiger partial charge in [0, 0.05) is 25.3 Å². The zero-order chi connectivity index (χ0) is 32.8. The van der Waals surface area contributed by atoms with E-state index in [4.69, 9.17) is 15.0 Å². The molecule has 0 aromatic carbocycles. The Morgan fingerprint density at radius 2 is 1.86 bits per heavy atom. The van der Waals surface area contributed by atoms with Crippen LogP contribution in [0.5, 0.6) is 0 Å². The number of hydrazine groups is 1. The minimum Gasteiger partial charge on any atom is -0.404 e. The third kappa shape index (κ3) is 9.28. The first-order valence-electron chi connectivity index (χ1n) is 16.5. The summed E-state index contributed by atoms with van der Waals surface area (Å²) in [5.74, 6) is 0.219. The van der Waals surface area contributed by atoms with Crippen LogP contribution in [-0.2, 0) is 18.9 Å². The van der Waals surface area contributed by atoms with E-state index >= 15 is 0 Å². The van der Waals surface area contributed by atoms with E-state index in [2.05, 4.69) is 71.8 Å². The van der Waals surface area contributed by atoms with E-state index in [1.54, 1.807) is 0 Å². The van der Waals surface area contributed by atoms with Crippen LogP contribution in [-0.4, -0.2) is 54.0 Å². The Hall–Kier alpha value is -2.47. The molecule has 44 heavy (non-hydrogen) atoms. The summed E-state index contributed by atoms with van der Waals surface area (Å²) in [5, 5.41) is 13.1. The Bertz CT molecular complexity index is 1090. The minimum absolute atomic E-state index is 0.0112. The van der Waals surface area contributed by atoms with E-state index in [1.165, 1.54) is 5.57 Å². The minimum atomic E-state index is -0.768. The highest BCUT2D eigenvalue weighted by Gasteiger charge is 2.68. The molecule has 1 saturated heterocycles. The number of hydrogen-bond donors (Lipinski definition) is 3. The molecule has 0 radical (unpaired) electrons. The third-order valence-electron chi connectivity index (χ3n) is 10.2. The van der Waals surface area contributed by atoms with Gasteiger partial charge in [0.25, 0.3) is 5.96 Å². The van der Waals surface area contributed by atoms with Crippen molar-refractivity contribution in [2.45, 2.75) is 131 Å². The Balaban J connectivity index is 1.69. The highest BCUT2D eigenvalue weighted by Crippen LogP contribution is 2.65. The van der Waals surface area contributed by atoms with E-state index in [-0.39, 0.29) is 59.6 Å². The molecule has 4 aliphatic rings. The van der Waals surface area contributed by atoms with Gasteiger partial charge in [-0.2, -0.15) is 0 Å². The molecule has 4 N–H and O–H groups in total. The molecule has 0 aromatic rings. The van der Waals surface area contributed by atoms with Crippen LogP contribution >= 0.6 is 0 Å². The smallest absolute Gasteiger partial charge is 0.404 e. The van der Waals surface area contributed by atoms with Crippen molar-refractivity contribution in [2.24, 2.45) is 45.7 Å². The molecule has 3 saturated carbocycles. The monoisotopic (exact) mass is 617 g/mol. The lowest BCUT2D eigenvalue weighted by molar-refractivity contribution is -0.525. The fourth-order valence-electron chi connectivity index (χ4n) is 7.61. The number of hydrogen-bond acceptors (Lipinski definition) is 7. The van der Waals surface area contributed by atoms with Crippen molar-refractivity contribution in [3.63, 3.8) is 0 Å². The first kappa shape index (κ1) is 36.0. The first-order chi connectivity index (χ1) is 20.5. The average Bonchev–Trinajstić information content (AvgIpc) is 3.26. The van der Waals surface area contributed by atoms with E-state index in [0.29, 0.717) is 43.4 Å². The van der Waals surface area contributed by atoms with Crippen LogP contribution in [0.3, 0.4) is 0 Å². The number of aliphatic imine (C=N–C) groups is 1. The summed E-state index contributed by atoms with van der Waals surface area (Å²) in [5.41, 5.74) is 8.48. The molecule has 0 spiro atoms. The molecule has 1 amide bonds. The predicted molar refractivity (Wildman–Crippen MR) is 173 cm³/mol. The van der Waals surface area contributed by atoms with Gasteiger partial charge < -0.3 is 20.4 Å². The van der Waals surface area contributed by atoms with Gasteiger partial charge in [0.15, 0.2) is 5.03 Å². The average molecular weight is 618 g/mol. The highest BCUT2D eigenvalue weighted by atomic mass is 16.7. The molecular weight excluding hydrogens is 561 g/mol. The Morgan fingerprint density at radius 3 is 2.48 bits per heavy atom. The molecule has 4 rings (SSSR count). The third-order valence-corrected chi connectivity index (χ3v) is 10.2. The van der Waals surface area contributed by atoms with Gasteiger partial charge in [-0.3, -0.25) is 9.59 Å². The van der Waals surface area contributed by atoms with Crippen LogP contribution in [0.15, 0.2) is 16.6 Å². The van der Waals surface area contributed by atoms with Crippen molar-refractivity contribution in [3.8, 4) is 0 Å². The maximum atomic E-state index is 13.9. The molecule has 1 heterocycles. The van der Waals surface area contributed by atoms with Crippen molar-refractivity contribution in [2.75, 3.05) is 6.54 Å². The number of nitro groups is 1. The number of allylic oxidation sites excluding steroid dienone is 2. The quantitative estimate of drug-likeness (QED) is 0.0391. The molecule has 0 aromatic heterocycles. The zero-order valence-electron chi connectivity index (χ0n) is 28.2. The molecule has 12 heteroatoms. The van der Waals surface area contributed by atoms with Gasteiger partial charge in [-0.1, -0.05) is 51.7 Å². The molecule has 248 valence electrons. The van der Waals surface area contributed by atoms with Crippen LogP contribution in [0.1, 0.15) is 113 Å². The van der Waals surface area contributed by atoms with Gasteiger partial charge in [0.1, 0.15) is 5.78 Å². The predicted octanol–water partition coefficient (Wildman–Crippen LogP) is 5.01. The second kappa shape index (κ2) is 15.2. The number of carbonyl (C=O) groups is 2. The number of amides is 1. The van der Waals surface area contributed by atoms with Crippen molar-refractivity contribution in [1.29, 1.82) is 0 Å². The summed E-state index contributed by atoms with van der Waals surface area (Å²) in [4.78, 5) is 41.6. The maximum absolute atomic E-state index is 13.9. The molecule has 3 aliphatic carbocycles. The van der Waals surface area contributed by atoms with Gasteiger partial charge in [0.05, 0.1) is 17.6 Å². The van der Waals surface area contributed by atoms with E-state index < -0.39 is 18.1 Å². The molecule has 7 atom stereocenters. The fraction of sp³-hybridized carbons (Fsp3) is 0.844. The van der Waals surface area contributed by atoms with Gasteiger partial charge >= 0.3 is 7.12 Å². The molecule has 4 fully saturated rings. The summed E-state index contributed by atoms with van der Waals surface area (Å²) < 4.78 is 13.3. The standard InChI is InChI=1S/C32H56BN5O6/c1-20(2)11-9-12-22(5)16-25(39)17-23(13-10-14-35-30(34)37-38(41)42)29(40)36-28(15-21(3)4)33-43-27-19-24-18-26(31(24,6)7)32(27,8)44-33/h11,21-24,26-28H,9-10,12-19H2,1-8H3,(H,36,40)(H3,34,35,37)/t22-,23+,24+,26+,27+,28-,32-/m0/s1. The maximum Gasteiger partial charge on any atom is 0.481 e. The largest absolute Gasteiger partial charge is 0.481 e. The van der Waals surface area contributed by atoms with E-state index in [1.807, 2.05) is 5.43 Å². The van der Waals surface area contributed by atoms with Gasteiger partial charge in [-0.25, -0.2) is 15.1 Å². The van der Waals surface area contributed by atoms with Crippen molar-refractivity contribution < 1.29 is 23.9 Å². The number of Topliss-reactive ketones (excluding diaryl/α,β-unsaturated/α-hetero) is 1. The van der Waals surface area contributed by atoms with E-state index in [0.717, 1.165) is 25.7 Å². The summed E-state index contributed by atoms with van der Waals surface area (Å²) >= 11 is 0. The lowest BCUT2D eigenvalue weighted by atomic mass is 9.43. The number of guanidine groups is 1. The van der Waals surface area contributed by atoms with Crippen LogP contribution in [0.25, 0.3) is 0 Å². The van der Waals surface area contributed by atoms with Gasteiger partial charge in [-0.15, -0.1) is 0 Å². The summed E-state index contributed by atoms with van der Waals surface area (Å²) in [7, 11) is -0.546. The number of nitrogens with one attached hydrogen (secondary N) is 2. The molecule has 0 unspecified atom stereocenters. The van der Waals surface area contributed by atoms with Crippen molar-refractivity contribution in [3.05, 3.63) is 21.8 Å². The molecule has 2 bridgehead atoms. The Morgan fingerprint density at radius 1 is 1.16 bits per heavy atom. The number of rotatable bonds is 17. The summed E-state index contributed by atoms with van der Waals surface area (Å²) in [6.45, 7) is 17.5. The van der Waals surface area contributed by atoms with Crippen molar-refractivity contribution in [1.82, 2.24) is 10.7 Å². The summed E-state index contributed by atoms with van der Waals surface area (Å²) in [6, 6.07) is 0. The zero-order valence-corrected chi connectivity index (χ0v) is 28.2. The molecule has 11 nitrogen and oxygen atoms in total. The topological polar surface area (TPSA) is 158 Å². The van der Waals surface area contributed by atoms with Crippen LogP contribution in [0.2, 0.25) is 0 Å². The van der Waals surface area contributed by atoms with Crippen molar-refractivity contribution >= 4 is 24.8 Å². The Labute approximate surface area is 264 Å². The molecular formula is C32H56BN5O6. The highest BCUT2D eigenvalue weighted by molar-refractivity contribution is 6.47. The van der Waals surface area contributed by atoms with Gasteiger partial charge in [0.2, 0.25) is 5.91 Å². The SMILES string of the molecule is CC(C)=CCC[C@H](C)CC(=O)C[C@@H](CCCN=C(N)N[N+](=O)[O-])C(=O)N[C@@H](CC(C)C)B1O[C@@H]2C[C@H]3C[C@H](C3(C)C)[C@]2(C)O1. The Kier molecular flexibility index (Phi) is 12.4. The fourth-order valence-corrected chi connectivity index (χ4v) is 7.61. The normalized spacial score (nSPS) is 27.5. The second-order valence-electron chi connectivity index (χ2n) is 15.0. The molecule has 1 aliphatic heterocycles. The second-order valence-corrected chi connectivity index (χ2v) is 15.0. The lowest BCUT2D eigenvalue weighted by Crippen LogP contribution is -2.65. The number of carbonyl (C=O) groups excluding carboxylic acids is 2. The number of nitrogens with two attached hydrogens (primary N) is 1. The number of ketones is 1. The number of nitrogens with zero attached hydrogens (tertiary/aromatic N) is 2. The van der Waals surface area contributed by atoms with Gasteiger partial charge in [-0.05, 0) is 94.8 Å². The van der Waals surface area contributed by atoms with Crippen LogP contribution in [0, 0.1) is 45.1 Å². The summed E-state index contributed by atoms with van der Waals surface area (Å²) in [6.07, 6.45) is 8.24. The lowest BCUT2D eigenvalue weighted by Gasteiger charge is -2.64.